The molecule has 1 heterocycles. The van der Waals surface area contributed by atoms with Gasteiger partial charge in [-0.25, -0.2) is 4.39 Å². The summed E-state index contributed by atoms with van der Waals surface area (Å²) in [5, 5.41) is 12.6. The van der Waals surface area contributed by atoms with Crippen LogP contribution in [-0.2, 0) is 14.4 Å². The maximum atomic E-state index is 14.7. The number of allylic oxidation sites excluding steroid dienone is 1. The number of carbonyl (C=O) groups excluding carboxylic acids is 2. The number of aliphatic carboxylic acids is 1. The van der Waals surface area contributed by atoms with E-state index in [1.165, 1.54) is 6.07 Å². The van der Waals surface area contributed by atoms with E-state index in [9.17, 15) is 23.9 Å². The zero-order valence-electron chi connectivity index (χ0n) is 19.5. The molecule has 2 N–H and O–H groups in total. The number of hydrogen-bond acceptors (Lipinski definition) is 4. The summed E-state index contributed by atoms with van der Waals surface area (Å²) in [6.07, 6.45) is -0.0155. The van der Waals surface area contributed by atoms with Crippen molar-refractivity contribution in [3.8, 4) is 0 Å². The van der Waals surface area contributed by atoms with Crippen molar-refractivity contribution >= 4 is 29.0 Å². The van der Waals surface area contributed by atoms with E-state index in [2.05, 4.69) is 5.32 Å². The van der Waals surface area contributed by atoms with Crippen LogP contribution in [0.3, 0.4) is 0 Å². The summed E-state index contributed by atoms with van der Waals surface area (Å²) in [5.74, 6) is -2.32. The van der Waals surface area contributed by atoms with E-state index in [1.807, 2.05) is 42.5 Å². The molecular weight excluding hydrogens is 459 g/mol. The number of carboxylic acids is 1. The third-order valence-electron chi connectivity index (χ3n) is 6.77. The molecule has 1 aliphatic heterocycles. The summed E-state index contributed by atoms with van der Waals surface area (Å²) < 4.78 is 14.7. The van der Waals surface area contributed by atoms with Gasteiger partial charge in [-0.3, -0.25) is 19.3 Å². The number of carboxylic acid groups (broad SMARTS) is 1. The van der Waals surface area contributed by atoms with Crippen LogP contribution in [0.25, 0.3) is 0 Å². The first-order chi connectivity index (χ1) is 17.4. The van der Waals surface area contributed by atoms with Crippen LogP contribution in [0.1, 0.15) is 48.8 Å². The number of rotatable bonds is 5. The van der Waals surface area contributed by atoms with Gasteiger partial charge in [0.05, 0.1) is 23.8 Å². The highest BCUT2D eigenvalue weighted by molar-refractivity contribution is 6.06. The van der Waals surface area contributed by atoms with Gasteiger partial charge in [-0.2, -0.15) is 0 Å². The van der Waals surface area contributed by atoms with Gasteiger partial charge >= 0.3 is 5.97 Å². The Balaban J connectivity index is 1.68. The number of amides is 1. The van der Waals surface area contributed by atoms with Gasteiger partial charge in [-0.05, 0) is 41.7 Å². The van der Waals surface area contributed by atoms with Crippen molar-refractivity contribution in [2.24, 2.45) is 0 Å². The van der Waals surface area contributed by atoms with Gasteiger partial charge < -0.3 is 10.4 Å². The van der Waals surface area contributed by atoms with E-state index >= 15 is 0 Å². The lowest BCUT2D eigenvalue weighted by atomic mass is 9.78. The first-order valence-electron chi connectivity index (χ1n) is 11.9. The molecule has 36 heavy (non-hydrogen) atoms. The van der Waals surface area contributed by atoms with Crippen LogP contribution in [0.2, 0.25) is 0 Å². The molecule has 3 aromatic carbocycles. The predicted octanol–water partition coefficient (Wildman–Crippen LogP) is 5.59. The normalized spacial score (nSPS) is 19.1. The molecule has 0 aromatic heterocycles. The molecule has 7 heteroatoms. The summed E-state index contributed by atoms with van der Waals surface area (Å²) in [7, 11) is 0. The van der Waals surface area contributed by atoms with Crippen LogP contribution in [0.5, 0.6) is 0 Å². The Labute approximate surface area is 208 Å². The first-order valence-corrected chi connectivity index (χ1v) is 11.9. The zero-order chi connectivity index (χ0) is 25.2. The maximum absolute atomic E-state index is 14.7. The van der Waals surface area contributed by atoms with Gasteiger partial charge in [0.25, 0.3) is 0 Å². The highest BCUT2D eigenvalue weighted by atomic mass is 19.1. The van der Waals surface area contributed by atoms with Crippen molar-refractivity contribution in [3.05, 3.63) is 107 Å². The van der Waals surface area contributed by atoms with E-state index in [0.29, 0.717) is 34.6 Å². The largest absolute Gasteiger partial charge is 0.481 e. The molecule has 0 unspecified atom stereocenters. The van der Waals surface area contributed by atoms with Crippen LogP contribution >= 0.6 is 0 Å². The van der Waals surface area contributed by atoms with Gasteiger partial charge in [-0.1, -0.05) is 60.7 Å². The molecule has 0 spiro atoms. The van der Waals surface area contributed by atoms with Crippen LogP contribution in [-0.4, -0.2) is 22.8 Å². The van der Waals surface area contributed by atoms with Crippen molar-refractivity contribution in [2.75, 3.05) is 10.2 Å². The fraction of sp³-hybridized carbons (Fsp3) is 0.207. The Hall–Kier alpha value is -4.26. The van der Waals surface area contributed by atoms with Crippen LogP contribution < -0.4 is 10.2 Å². The number of halogens is 1. The minimum Gasteiger partial charge on any atom is -0.481 e. The number of ketones is 1. The quantitative estimate of drug-likeness (QED) is 0.493. The van der Waals surface area contributed by atoms with E-state index in [-0.39, 0.29) is 36.8 Å². The Bertz CT molecular complexity index is 1370. The van der Waals surface area contributed by atoms with Crippen LogP contribution in [0.15, 0.2) is 90.1 Å². The van der Waals surface area contributed by atoms with E-state index in [0.717, 1.165) is 5.56 Å². The Morgan fingerprint density at radius 2 is 1.61 bits per heavy atom. The summed E-state index contributed by atoms with van der Waals surface area (Å²) in [5.41, 5.74) is 3.52. The lowest BCUT2D eigenvalue weighted by Gasteiger charge is -2.35. The van der Waals surface area contributed by atoms with Crippen molar-refractivity contribution in [1.82, 2.24) is 0 Å². The number of anilines is 2. The second-order valence-electron chi connectivity index (χ2n) is 9.05. The molecule has 0 radical (unpaired) electrons. The molecule has 2 aliphatic rings. The number of benzene rings is 3. The summed E-state index contributed by atoms with van der Waals surface area (Å²) >= 11 is 0. The molecule has 0 saturated heterocycles. The summed E-state index contributed by atoms with van der Waals surface area (Å²) in [4.78, 5) is 40.2. The summed E-state index contributed by atoms with van der Waals surface area (Å²) in [6, 6.07) is 22.2. The van der Waals surface area contributed by atoms with Crippen molar-refractivity contribution < 1.29 is 23.9 Å². The van der Waals surface area contributed by atoms with Gasteiger partial charge in [0, 0.05) is 24.1 Å². The topological polar surface area (TPSA) is 86.7 Å². The van der Waals surface area contributed by atoms with Gasteiger partial charge in [0.1, 0.15) is 5.82 Å². The summed E-state index contributed by atoms with van der Waals surface area (Å²) in [6.45, 7) is 0. The van der Waals surface area contributed by atoms with E-state index in [1.54, 1.807) is 35.2 Å². The average Bonchev–Trinajstić information content (AvgIpc) is 3.02. The highest BCUT2D eigenvalue weighted by Crippen LogP contribution is 2.47. The fourth-order valence-electron chi connectivity index (χ4n) is 5.18. The number of Topliss-reactive ketones (excluding diaryl/α,β-unsaturated/α-hetero) is 1. The molecular formula is C29H25FN2O4. The molecule has 1 amide bonds. The Morgan fingerprint density at radius 1 is 0.917 bits per heavy atom. The van der Waals surface area contributed by atoms with Crippen LogP contribution in [0, 0.1) is 5.82 Å². The Morgan fingerprint density at radius 3 is 2.36 bits per heavy atom. The second-order valence-corrected chi connectivity index (χ2v) is 9.05. The van der Waals surface area contributed by atoms with E-state index in [4.69, 9.17) is 0 Å². The molecule has 0 saturated carbocycles. The fourth-order valence-corrected chi connectivity index (χ4v) is 5.18. The molecule has 5 rings (SSSR count). The third-order valence-corrected chi connectivity index (χ3v) is 6.77. The highest BCUT2D eigenvalue weighted by Gasteiger charge is 2.41. The van der Waals surface area contributed by atoms with Crippen LogP contribution in [0.4, 0.5) is 15.8 Å². The molecule has 3 aromatic rings. The predicted molar refractivity (Wildman–Crippen MR) is 134 cm³/mol. The SMILES string of the molecule is O=C(O)CCC(=O)N1c2ccccc2NC2=C(C(=O)C[C@H](c3ccccc3F)C2)[C@H]1c1ccccc1. The Kier molecular flexibility index (Phi) is 6.38. The monoisotopic (exact) mass is 484 g/mol. The zero-order valence-corrected chi connectivity index (χ0v) is 19.5. The van der Waals surface area contributed by atoms with Gasteiger partial charge in [0.2, 0.25) is 5.91 Å². The average molecular weight is 485 g/mol. The second kappa shape index (κ2) is 9.77. The molecule has 182 valence electrons. The molecule has 6 nitrogen and oxygen atoms in total. The number of nitrogens with one attached hydrogen (secondary N) is 1. The van der Waals surface area contributed by atoms with Gasteiger partial charge in [0.15, 0.2) is 5.78 Å². The van der Waals surface area contributed by atoms with Crippen molar-refractivity contribution in [3.63, 3.8) is 0 Å². The number of fused-ring (bicyclic) bond motifs is 1. The number of nitrogens with zero attached hydrogens (tertiary/aromatic N) is 1. The molecule has 2 atom stereocenters. The number of para-hydroxylation sites is 2. The number of carbonyl (C=O) groups is 3. The molecule has 0 bridgehead atoms. The smallest absolute Gasteiger partial charge is 0.303 e. The lowest BCUT2D eigenvalue weighted by molar-refractivity contribution is -0.138. The maximum Gasteiger partial charge on any atom is 0.303 e. The van der Waals surface area contributed by atoms with Crippen molar-refractivity contribution in [1.29, 1.82) is 0 Å². The number of hydrogen-bond donors (Lipinski definition) is 2. The van der Waals surface area contributed by atoms with Crippen molar-refractivity contribution in [2.45, 2.75) is 37.6 Å². The first kappa shape index (κ1) is 23.5. The lowest BCUT2D eigenvalue weighted by Crippen LogP contribution is -2.38. The van der Waals surface area contributed by atoms with E-state index < -0.39 is 17.9 Å². The molecule has 0 fully saturated rings. The minimum absolute atomic E-state index is 0.109. The standard InChI is InChI=1S/C29H25FN2O4/c30-21-11-5-4-10-20(21)19-16-23-28(25(33)17-19)29(18-8-2-1-3-9-18)32(26(34)14-15-27(35)36)24-13-7-6-12-22(24)31-23/h1-13,19,29,31H,14-17H2,(H,35,36)/t19-,29-/m1/s1. The van der Waals surface area contributed by atoms with Gasteiger partial charge in [-0.15, -0.1) is 0 Å². The third kappa shape index (κ3) is 4.40. The molecule has 1 aliphatic carbocycles. The minimum atomic E-state index is -1.07.